The van der Waals surface area contributed by atoms with Crippen molar-refractivity contribution in [1.82, 2.24) is 25.1 Å². The average Bonchev–Trinajstić information content (AvgIpc) is 3.31. The third-order valence-electron chi connectivity index (χ3n) is 4.65. The highest BCUT2D eigenvalue weighted by Gasteiger charge is 2.15. The van der Waals surface area contributed by atoms with Crippen molar-refractivity contribution in [2.45, 2.75) is 33.8 Å². The SMILES string of the molecule is Cc1c(NC(=S)NC(=O)c2cccc(OC(C)C)c2)cccc1-c1nn2c(C)nnc2s1. The molecule has 0 saturated carbocycles. The second kappa shape index (κ2) is 9.01. The van der Waals surface area contributed by atoms with E-state index in [1.165, 1.54) is 11.3 Å². The zero-order valence-electron chi connectivity index (χ0n) is 18.0. The number of aryl methyl sites for hydroxylation is 1. The lowest BCUT2D eigenvalue weighted by atomic mass is 10.1. The lowest BCUT2D eigenvalue weighted by Gasteiger charge is -2.14. The van der Waals surface area contributed by atoms with E-state index in [0.717, 1.165) is 32.6 Å². The minimum atomic E-state index is -0.311. The van der Waals surface area contributed by atoms with Gasteiger partial charge in [-0.15, -0.1) is 10.2 Å². The van der Waals surface area contributed by atoms with E-state index < -0.39 is 0 Å². The summed E-state index contributed by atoms with van der Waals surface area (Å²) in [6.07, 6.45) is 0.0218. The van der Waals surface area contributed by atoms with Crippen LogP contribution in [0, 0.1) is 13.8 Å². The van der Waals surface area contributed by atoms with E-state index in [-0.39, 0.29) is 17.1 Å². The van der Waals surface area contributed by atoms with Crippen LogP contribution >= 0.6 is 23.6 Å². The smallest absolute Gasteiger partial charge is 0.257 e. The molecule has 0 atom stereocenters. The number of thiocarbonyl (C=S) groups is 1. The topological polar surface area (TPSA) is 93.4 Å². The van der Waals surface area contributed by atoms with Crippen LogP contribution in [0.2, 0.25) is 0 Å². The Balaban J connectivity index is 1.49. The van der Waals surface area contributed by atoms with Crippen LogP contribution in [-0.4, -0.2) is 36.9 Å². The molecule has 0 radical (unpaired) electrons. The normalized spacial score (nSPS) is 11.0. The fraction of sp³-hybridized carbons (Fsp3) is 0.227. The Kier molecular flexibility index (Phi) is 6.15. The Labute approximate surface area is 194 Å². The Morgan fingerprint density at radius 3 is 2.69 bits per heavy atom. The molecule has 0 unspecified atom stereocenters. The number of carbonyl (C=O) groups is 1. The average molecular weight is 467 g/mol. The van der Waals surface area contributed by atoms with E-state index in [4.69, 9.17) is 17.0 Å². The molecule has 0 spiro atoms. The summed E-state index contributed by atoms with van der Waals surface area (Å²) >= 11 is 6.84. The zero-order chi connectivity index (χ0) is 22.8. The van der Waals surface area contributed by atoms with E-state index in [0.29, 0.717) is 11.3 Å². The number of nitrogens with zero attached hydrogens (tertiary/aromatic N) is 4. The van der Waals surface area contributed by atoms with Crippen LogP contribution in [-0.2, 0) is 0 Å². The van der Waals surface area contributed by atoms with Crippen molar-refractivity contribution in [3.05, 3.63) is 59.4 Å². The zero-order valence-corrected chi connectivity index (χ0v) is 19.7. The molecule has 2 aromatic carbocycles. The third kappa shape index (κ3) is 4.61. The van der Waals surface area contributed by atoms with Gasteiger partial charge in [-0.25, -0.2) is 0 Å². The first kappa shape index (κ1) is 21.8. The van der Waals surface area contributed by atoms with Gasteiger partial charge in [-0.2, -0.15) is 9.61 Å². The molecule has 0 aliphatic rings. The molecule has 0 bridgehead atoms. The molecule has 0 aliphatic heterocycles. The number of anilines is 1. The van der Waals surface area contributed by atoms with Crippen LogP contribution in [0.5, 0.6) is 5.75 Å². The van der Waals surface area contributed by atoms with E-state index >= 15 is 0 Å². The highest BCUT2D eigenvalue weighted by atomic mass is 32.1. The van der Waals surface area contributed by atoms with Gasteiger partial charge in [0, 0.05) is 16.8 Å². The van der Waals surface area contributed by atoms with Crippen LogP contribution < -0.4 is 15.4 Å². The quantitative estimate of drug-likeness (QED) is 0.422. The van der Waals surface area contributed by atoms with Crippen LogP contribution in [0.15, 0.2) is 42.5 Å². The van der Waals surface area contributed by atoms with Crippen molar-refractivity contribution in [1.29, 1.82) is 0 Å². The number of nitrogens with one attached hydrogen (secondary N) is 2. The molecule has 1 amide bonds. The maximum atomic E-state index is 12.6. The summed E-state index contributed by atoms with van der Waals surface area (Å²) < 4.78 is 7.38. The molecule has 2 aromatic heterocycles. The molecule has 2 N–H and O–H groups in total. The van der Waals surface area contributed by atoms with E-state index in [9.17, 15) is 4.79 Å². The number of rotatable bonds is 5. The van der Waals surface area contributed by atoms with Crippen LogP contribution in [0.1, 0.15) is 35.6 Å². The van der Waals surface area contributed by atoms with Gasteiger partial charge in [0.1, 0.15) is 10.8 Å². The highest BCUT2D eigenvalue weighted by molar-refractivity contribution is 7.80. The first-order chi connectivity index (χ1) is 15.3. The number of benzene rings is 2. The fourth-order valence-corrected chi connectivity index (χ4v) is 4.31. The lowest BCUT2D eigenvalue weighted by Crippen LogP contribution is -2.34. The van der Waals surface area contributed by atoms with Crippen molar-refractivity contribution < 1.29 is 9.53 Å². The van der Waals surface area contributed by atoms with Crippen LogP contribution in [0.4, 0.5) is 5.69 Å². The predicted molar refractivity (Wildman–Crippen MR) is 129 cm³/mol. The number of fused-ring (bicyclic) bond motifs is 1. The lowest BCUT2D eigenvalue weighted by molar-refractivity contribution is 0.0977. The summed E-state index contributed by atoms with van der Waals surface area (Å²) in [5.41, 5.74) is 3.16. The Morgan fingerprint density at radius 1 is 1.16 bits per heavy atom. The molecule has 0 fully saturated rings. The van der Waals surface area contributed by atoms with Gasteiger partial charge in [-0.3, -0.25) is 10.1 Å². The number of carbonyl (C=O) groups excluding carboxylic acids is 1. The monoisotopic (exact) mass is 466 g/mol. The first-order valence-electron chi connectivity index (χ1n) is 9.99. The second-order valence-corrected chi connectivity index (χ2v) is 8.79. The predicted octanol–water partition coefficient (Wildman–Crippen LogP) is 4.38. The first-order valence-corrected chi connectivity index (χ1v) is 11.2. The van der Waals surface area contributed by atoms with Crippen molar-refractivity contribution in [3.8, 4) is 16.3 Å². The summed E-state index contributed by atoms with van der Waals surface area (Å²) in [6.45, 7) is 7.71. The van der Waals surface area contributed by atoms with E-state index in [1.54, 1.807) is 22.7 Å². The number of hydrogen-bond donors (Lipinski definition) is 2. The van der Waals surface area contributed by atoms with E-state index in [1.807, 2.05) is 52.0 Å². The van der Waals surface area contributed by atoms with Crippen molar-refractivity contribution in [2.75, 3.05) is 5.32 Å². The van der Waals surface area contributed by atoms with Gasteiger partial charge in [-0.05, 0) is 69.7 Å². The minimum absolute atomic E-state index is 0.0218. The number of hydrogen-bond acceptors (Lipinski definition) is 7. The van der Waals surface area contributed by atoms with Crippen molar-refractivity contribution in [2.24, 2.45) is 0 Å². The summed E-state index contributed by atoms with van der Waals surface area (Å²) in [6, 6.07) is 12.8. The van der Waals surface area contributed by atoms with Gasteiger partial charge in [0.25, 0.3) is 5.91 Å². The van der Waals surface area contributed by atoms with Crippen molar-refractivity contribution in [3.63, 3.8) is 0 Å². The molecular formula is C22H22N6O2S2. The maximum absolute atomic E-state index is 12.6. The minimum Gasteiger partial charge on any atom is -0.491 e. The fourth-order valence-electron chi connectivity index (χ4n) is 3.14. The molecule has 8 nitrogen and oxygen atoms in total. The molecular weight excluding hydrogens is 444 g/mol. The van der Waals surface area contributed by atoms with Gasteiger partial charge in [0.15, 0.2) is 10.9 Å². The summed E-state index contributed by atoms with van der Waals surface area (Å²) in [5.74, 6) is 1.06. The van der Waals surface area contributed by atoms with Gasteiger partial charge in [-0.1, -0.05) is 29.5 Å². The molecule has 10 heteroatoms. The number of ether oxygens (including phenoxy) is 1. The standard InChI is InChI=1S/C22H22N6O2S2/c1-12(2)30-16-8-5-7-15(11-16)19(29)24-21(31)23-18-10-6-9-17(13(18)3)20-27-28-14(4)25-26-22(28)32-20/h5-12H,1-4H3,(H2,23,24,29,31). The summed E-state index contributed by atoms with van der Waals surface area (Å²) in [4.78, 5) is 13.4. The van der Waals surface area contributed by atoms with Gasteiger partial charge >= 0.3 is 0 Å². The molecule has 2 heterocycles. The number of amides is 1. The van der Waals surface area contributed by atoms with Crippen LogP contribution in [0.3, 0.4) is 0 Å². The molecule has 4 rings (SSSR count). The molecule has 32 heavy (non-hydrogen) atoms. The molecule has 4 aromatic rings. The summed E-state index contributed by atoms with van der Waals surface area (Å²) in [7, 11) is 0. The summed E-state index contributed by atoms with van der Waals surface area (Å²) in [5, 5.41) is 19.6. The Bertz CT molecular complexity index is 1310. The largest absolute Gasteiger partial charge is 0.491 e. The van der Waals surface area contributed by atoms with E-state index in [2.05, 4.69) is 25.9 Å². The highest BCUT2D eigenvalue weighted by Crippen LogP contribution is 2.31. The maximum Gasteiger partial charge on any atom is 0.257 e. The molecule has 164 valence electrons. The van der Waals surface area contributed by atoms with Crippen LogP contribution in [0.25, 0.3) is 15.5 Å². The number of aromatic nitrogens is 4. The second-order valence-electron chi connectivity index (χ2n) is 7.43. The van der Waals surface area contributed by atoms with Crippen molar-refractivity contribution >= 4 is 45.2 Å². The third-order valence-corrected chi connectivity index (χ3v) is 5.79. The van der Waals surface area contributed by atoms with Gasteiger partial charge < -0.3 is 10.1 Å². The van der Waals surface area contributed by atoms with Gasteiger partial charge in [0.05, 0.1) is 6.10 Å². The Morgan fingerprint density at radius 2 is 1.94 bits per heavy atom. The molecule has 0 aliphatic carbocycles. The van der Waals surface area contributed by atoms with Gasteiger partial charge in [0.2, 0.25) is 4.96 Å². The Hall–Kier alpha value is -3.37. The molecule has 0 saturated heterocycles.